The first-order valence-electron chi connectivity index (χ1n) is 8.69. The molecule has 3 aromatic rings. The molecule has 0 radical (unpaired) electrons. The molecule has 0 spiro atoms. The molecule has 2 heterocycles. The van der Waals surface area contributed by atoms with Gasteiger partial charge in [0.1, 0.15) is 12.4 Å². The van der Waals surface area contributed by atoms with Gasteiger partial charge in [0, 0.05) is 19.7 Å². The summed E-state index contributed by atoms with van der Waals surface area (Å²) in [5.41, 5.74) is 3.24. The van der Waals surface area contributed by atoms with E-state index in [1.807, 2.05) is 30.6 Å². The zero-order valence-corrected chi connectivity index (χ0v) is 18.0. The van der Waals surface area contributed by atoms with Gasteiger partial charge in [-0.3, -0.25) is 9.48 Å². The fourth-order valence-electron chi connectivity index (χ4n) is 2.65. The summed E-state index contributed by atoms with van der Waals surface area (Å²) in [6, 6.07) is 10.0. The molecular weight excluding hydrogens is 426 g/mol. The summed E-state index contributed by atoms with van der Waals surface area (Å²) in [6.45, 7) is 3.07. The highest BCUT2D eigenvalue weighted by atomic mass is 79.9. The number of hydrogen-bond donors (Lipinski definition) is 0. The lowest BCUT2D eigenvalue weighted by atomic mass is 10.2. The molecule has 0 aliphatic rings. The van der Waals surface area contributed by atoms with E-state index in [9.17, 15) is 4.79 Å². The minimum absolute atomic E-state index is 0.00773. The first-order valence-corrected chi connectivity index (χ1v) is 10.4. The maximum absolute atomic E-state index is 12.7. The smallest absolute Gasteiger partial charge is 0.264 e. The van der Waals surface area contributed by atoms with Crippen molar-refractivity contribution in [2.24, 2.45) is 7.05 Å². The zero-order chi connectivity index (χ0) is 19.4. The number of thiophene rings is 1. The molecule has 0 bridgehead atoms. The lowest BCUT2D eigenvalue weighted by Crippen LogP contribution is -2.26. The molecule has 2 aromatic heterocycles. The van der Waals surface area contributed by atoms with Crippen LogP contribution in [0, 0.1) is 0 Å². The number of nitrogens with zero attached hydrogens (tertiary/aromatic N) is 3. The van der Waals surface area contributed by atoms with Crippen LogP contribution < -0.4 is 4.74 Å². The van der Waals surface area contributed by atoms with Gasteiger partial charge in [-0.15, -0.1) is 11.3 Å². The van der Waals surface area contributed by atoms with Crippen molar-refractivity contribution in [1.29, 1.82) is 0 Å². The molecule has 3 rings (SSSR count). The Labute approximate surface area is 171 Å². The van der Waals surface area contributed by atoms with E-state index in [2.05, 4.69) is 40.1 Å². The van der Waals surface area contributed by atoms with Gasteiger partial charge in [0.25, 0.3) is 5.91 Å². The Bertz CT molecular complexity index is 898. The van der Waals surface area contributed by atoms with E-state index < -0.39 is 0 Å². The molecule has 0 aliphatic heterocycles. The Morgan fingerprint density at radius 1 is 1.30 bits per heavy atom. The van der Waals surface area contributed by atoms with E-state index in [1.165, 1.54) is 16.9 Å². The average Bonchev–Trinajstić information content (AvgIpc) is 3.28. The number of amides is 1. The van der Waals surface area contributed by atoms with Gasteiger partial charge in [0.15, 0.2) is 0 Å². The number of benzene rings is 1. The lowest BCUT2D eigenvalue weighted by molar-refractivity contribution is 0.0786. The summed E-state index contributed by atoms with van der Waals surface area (Å²) in [5, 5.41) is 6.16. The van der Waals surface area contributed by atoms with Crippen LogP contribution in [-0.4, -0.2) is 27.6 Å². The van der Waals surface area contributed by atoms with Crippen molar-refractivity contribution in [2.75, 3.05) is 7.05 Å². The molecule has 0 atom stereocenters. The molecule has 142 valence electrons. The summed E-state index contributed by atoms with van der Waals surface area (Å²) in [4.78, 5) is 15.1. The number of halogens is 1. The molecule has 0 fully saturated rings. The normalized spacial score (nSPS) is 10.8. The second kappa shape index (κ2) is 8.71. The van der Waals surface area contributed by atoms with Gasteiger partial charge < -0.3 is 9.64 Å². The van der Waals surface area contributed by atoms with Gasteiger partial charge in [0.05, 0.1) is 27.8 Å². The van der Waals surface area contributed by atoms with E-state index in [-0.39, 0.29) is 5.91 Å². The summed E-state index contributed by atoms with van der Waals surface area (Å²) in [5.74, 6) is 0.830. The molecule has 1 aromatic carbocycles. The maximum atomic E-state index is 12.7. The van der Waals surface area contributed by atoms with Crippen LogP contribution in [-0.2, 0) is 26.6 Å². The van der Waals surface area contributed by atoms with Crippen molar-refractivity contribution in [3.8, 4) is 5.75 Å². The molecule has 7 heteroatoms. The molecule has 1 amide bonds. The van der Waals surface area contributed by atoms with Crippen LogP contribution in [0.5, 0.6) is 5.75 Å². The number of aryl methyl sites for hydroxylation is 2. The molecule has 0 aliphatic carbocycles. The highest BCUT2D eigenvalue weighted by molar-refractivity contribution is 9.10. The summed E-state index contributed by atoms with van der Waals surface area (Å²) in [6.07, 6.45) is 2.75. The summed E-state index contributed by atoms with van der Waals surface area (Å²) in [7, 11) is 3.67. The van der Waals surface area contributed by atoms with Crippen LogP contribution in [0.15, 0.2) is 46.4 Å². The Kier molecular flexibility index (Phi) is 6.34. The Morgan fingerprint density at radius 2 is 2.04 bits per heavy atom. The van der Waals surface area contributed by atoms with Crippen LogP contribution in [0.4, 0.5) is 0 Å². The van der Waals surface area contributed by atoms with Gasteiger partial charge in [-0.05, 0) is 51.5 Å². The van der Waals surface area contributed by atoms with Crippen molar-refractivity contribution in [2.45, 2.75) is 26.5 Å². The number of hydrogen-bond acceptors (Lipinski definition) is 4. The van der Waals surface area contributed by atoms with Gasteiger partial charge in [-0.1, -0.05) is 19.1 Å². The minimum atomic E-state index is -0.00773. The average molecular weight is 448 g/mol. The maximum Gasteiger partial charge on any atom is 0.264 e. The standard InChI is InChI=1S/C20H22BrN3O2S/c1-4-14-5-7-16(8-6-14)26-12-15-9-19(27-13-15)20(25)23(2)11-18-17(21)10-22-24(18)3/h5-10,13H,4,11-12H2,1-3H3. The Morgan fingerprint density at radius 3 is 2.67 bits per heavy atom. The predicted octanol–water partition coefficient (Wildman–Crippen LogP) is 4.66. The van der Waals surface area contributed by atoms with Crippen molar-refractivity contribution >= 4 is 33.2 Å². The van der Waals surface area contributed by atoms with Gasteiger partial charge in [-0.2, -0.15) is 5.10 Å². The Balaban J connectivity index is 1.59. The van der Waals surface area contributed by atoms with E-state index in [1.54, 1.807) is 22.8 Å². The largest absolute Gasteiger partial charge is 0.489 e. The summed E-state index contributed by atoms with van der Waals surface area (Å²) >= 11 is 4.91. The molecule has 0 saturated heterocycles. The monoisotopic (exact) mass is 447 g/mol. The second-order valence-corrected chi connectivity index (χ2v) is 8.09. The van der Waals surface area contributed by atoms with E-state index in [0.29, 0.717) is 18.0 Å². The number of ether oxygens (including phenoxy) is 1. The SMILES string of the molecule is CCc1ccc(OCc2csc(C(=O)N(C)Cc3c(Br)cnn3C)c2)cc1. The third kappa shape index (κ3) is 4.78. The predicted molar refractivity (Wildman–Crippen MR) is 111 cm³/mol. The lowest BCUT2D eigenvalue weighted by Gasteiger charge is -2.16. The summed E-state index contributed by atoms with van der Waals surface area (Å²) < 4.78 is 8.50. The van der Waals surface area contributed by atoms with Crippen molar-refractivity contribution in [3.63, 3.8) is 0 Å². The molecule has 0 unspecified atom stereocenters. The van der Waals surface area contributed by atoms with Gasteiger partial charge in [0.2, 0.25) is 0 Å². The van der Waals surface area contributed by atoms with E-state index in [0.717, 1.165) is 27.9 Å². The van der Waals surface area contributed by atoms with E-state index in [4.69, 9.17) is 4.74 Å². The molecule has 0 N–H and O–H groups in total. The fraction of sp³-hybridized carbons (Fsp3) is 0.300. The zero-order valence-electron chi connectivity index (χ0n) is 15.6. The van der Waals surface area contributed by atoms with Crippen LogP contribution in [0.2, 0.25) is 0 Å². The first-order chi connectivity index (χ1) is 13.0. The molecule has 0 saturated carbocycles. The highest BCUT2D eigenvalue weighted by Crippen LogP contribution is 2.22. The van der Waals surface area contributed by atoms with E-state index >= 15 is 0 Å². The van der Waals surface area contributed by atoms with Crippen molar-refractivity contribution in [3.05, 3.63) is 68.1 Å². The van der Waals surface area contributed by atoms with Gasteiger partial charge >= 0.3 is 0 Å². The number of rotatable bonds is 7. The minimum Gasteiger partial charge on any atom is -0.489 e. The van der Waals surface area contributed by atoms with Crippen LogP contribution >= 0.6 is 27.3 Å². The van der Waals surface area contributed by atoms with Crippen molar-refractivity contribution < 1.29 is 9.53 Å². The third-order valence-electron chi connectivity index (χ3n) is 4.35. The number of aromatic nitrogens is 2. The molecule has 27 heavy (non-hydrogen) atoms. The number of carbonyl (C=O) groups excluding carboxylic acids is 1. The van der Waals surface area contributed by atoms with Crippen LogP contribution in [0.3, 0.4) is 0 Å². The fourth-order valence-corrected chi connectivity index (χ4v) is 4.01. The topological polar surface area (TPSA) is 47.4 Å². The third-order valence-corrected chi connectivity index (χ3v) is 5.98. The van der Waals surface area contributed by atoms with Gasteiger partial charge in [-0.25, -0.2) is 0 Å². The highest BCUT2D eigenvalue weighted by Gasteiger charge is 2.17. The molecule has 5 nitrogen and oxygen atoms in total. The first kappa shape index (κ1) is 19.6. The molecular formula is C20H22BrN3O2S. The quantitative estimate of drug-likeness (QED) is 0.529. The van der Waals surface area contributed by atoms with Crippen LogP contribution in [0.1, 0.15) is 33.4 Å². The Hall–Kier alpha value is -2.12. The van der Waals surface area contributed by atoms with Crippen LogP contribution in [0.25, 0.3) is 0 Å². The van der Waals surface area contributed by atoms with Crippen molar-refractivity contribution in [1.82, 2.24) is 14.7 Å². The number of carbonyl (C=O) groups is 1. The second-order valence-electron chi connectivity index (χ2n) is 6.33.